The van der Waals surface area contributed by atoms with E-state index in [2.05, 4.69) is 31.2 Å². The monoisotopic (exact) mass is 421 g/mol. The molecule has 7 nitrogen and oxygen atoms in total. The third-order valence-electron chi connectivity index (χ3n) is 4.67. The smallest absolute Gasteiger partial charge is 0.263 e. The van der Waals surface area contributed by atoms with E-state index in [0.29, 0.717) is 22.9 Å². The van der Waals surface area contributed by atoms with Crippen LogP contribution in [-0.2, 0) is 10.2 Å². The first kappa shape index (κ1) is 22.1. The maximum atomic E-state index is 12.6. The van der Waals surface area contributed by atoms with Crippen LogP contribution in [0.2, 0.25) is 0 Å². The molecule has 0 aliphatic carbocycles. The number of anilines is 1. The fourth-order valence-electron chi connectivity index (χ4n) is 2.93. The standard InChI is InChI=1S/C24H27N3O4/c1-16(28)17-11-12-19(20(13-17)30-5)31-15-23(29)25-22-14-21(24(2,3)4)26-27(22)18-9-7-6-8-10-18/h6-14H,15H2,1-5H3,(H,25,29). The summed E-state index contributed by atoms with van der Waals surface area (Å²) in [6, 6.07) is 16.3. The van der Waals surface area contributed by atoms with Gasteiger partial charge >= 0.3 is 0 Å². The lowest BCUT2D eigenvalue weighted by molar-refractivity contribution is -0.118. The molecule has 1 N–H and O–H groups in total. The maximum absolute atomic E-state index is 12.6. The summed E-state index contributed by atoms with van der Waals surface area (Å²) >= 11 is 0. The first-order valence-corrected chi connectivity index (χ1v) is 9.96. The summed E-state index contributed by atoms with van der Waals surface area (Å²) in [5.41, 5.74) is 2.03. The van der Waals surface area contributed by atoms with Gasteiger partial charge in [-0.2, -0.15) is 5.10 Å². The summed E-state index contributed by atoms with van der Waals surface area (Å²) in [7, 11) is 1.48. The van der Waals surface area contributed by atoms with Crippen molar-refractivity contribution in [1.29, 1.82) is 0 Å². The van der Waals surface area contributed by atoms with E-state index >= 15 is 0 Å². The molecule has 1 amide bonds. The van der Waals surface area contributed by atoms with E-state index < -0.39 is 0 Å². The van der Waals surface area contributed by atoms with E-state index in [4.69, 9.17) is 9.47 Å². The van der Waals surface area contributed by atoms with E-state index in [0.717, 1.165) is 11.4 Å². The highest BCUT2D eigenvalue weighted by molar-refractivity contribution is 5.95. The molecule has 0 saturated heterocycles. The molecule has 0 aliphatic rings. The van der Waals surface area contributed by atoms with Crippen LogP contribution in [0.3, 0.4) is 0 Å². The average molecular weight is 421 g/mol. The minimum atomic E-state index is -0.338. The average Bonchev–Trinajstić information content (AvgIpc) is 3.17. The summed E-state index contributed by atoms with van der Waals surface area (Å²) in [5, 5.41) is 7.57. The molecule has 0 spiro atoms. The molecule has 0 bridgehead atoms. The predicted octanol–water partition coefficient (Wildman–Crippen LogP) is 4.40. The largest absolute Gasteiger partial charge is 0.493 e. The molecular formula is C24H27N3O4. The highest BCUT2D eigenvalue weighted by Crippen LogP contribution is 2.29. The molecule has 0 radical (unpaired) electrons. The van der Waals surface area contributed by atoms with E-state index in [1.807, 2.05) is 36.4 Å². The number of rotatable bonds is 7. The Morgan fingerprint density at radius 1 is 1.03 bits per heavy atom. The van der Waals surface area contributed by atoms with Gasteiger partial charge in [0.05, 0.1) is 18.5 Å². The molecule has 31 heavy (non-hydrogen) atoms. The second kappa shape index (κ2) is 9.04. The van der Waals surface area contributed by atoms with Crippen molar-refractivity contribution in [1.82, 2.24) is 9.78 Å². The second-order valence-corrected chi connectivity index (χ2v) is 8.17. The fourth-order valence-corrected chi connectivity index (χ4v) is 2.93. The van der Waals surface area contributed by atoms with Crippen LogP contribution in [0.1, 0.15) is 43.7 Å². The minimum Gasteiger partial charge on any atom is -0.493 e. The van der Waals surface area contributed by atoms with Crippen molar-refractivity contribution in [3.63, 3.8) is 0 Å². The highest BCUT2D eigenvalue weighted by Gasteiger charge is 2.21. The Kier molecular flexibility index (Phi) is 6.44. The number of methoxy groups -OCH3 is 1. The van der Waals surface area contributed by atoms with Gasteiger partial charge in [-0.25, -0.2) is 4.68 Å². The Morgan fingerprint density at radius 2 is 1.74 bits per heavy atom. The van der Waals surface area contributed by atoms with Crippen molar-refractivity contribution in [2.24, 2.45) is 0 Å². The van der Waals surface area contributed by atoms with Crippen LogP contribution in [0.4, 0.5) is 5.82 Å². The number of carbonyl (C=O) groups is 2. The second-order valence-electron chi connectivity index (χ2n) is 8.17. The van der Waals surface area contributed by atoms with Gasteiger partial charge in [0.15, 0.2) is 23.9 Å². The van der Waals surface area contributed by atoms with Crippen molar-refractivity contribution >= 4 is 17.5 Å². The number of nitrogens with one attached hydrogen (secondary N) is 1. The van der Waals surface area contributed by atoms with Crippen molar-refractivity contribution in [2.75, 3.05) is 19.0 Å². The summed E-state index contributed by atoms with van der Waals surface area (Å²) < 4.78 is 12.6. The number of para-hydroxylation sites is 1. The Hall–Kier alpha value is -3.61. The van der Waals surface area contributed by atoms with Crippen LogP contribution >= 0.6 is 0 Å². The van der Waals surface area contributed by atoms with Gasteiger partial charge in [0.25, 0.3) is 5.91 Å². The number of amides is 1. The highest BCUT2D eigenvalue weighted by atomic mass is 16.5. The molecule has 0 atom stereocenters. The fraction of sp³-hybridized carbons (Fsp3) is 0.292. The molecular weight excluding hydrogens is 394 g/mol. The van der Waals surface area contributed by atoms with Gasteiger partial charge < -0.3 is 14.8 Å². The van der Waals surface area contributed by atoms with E-state index in [9.17, 15) is 9.59 Å². The molecule has 0 fully saturated rings. The number of hydrogen-bond acceptors (Lipinski definition) is 5. The maximum Gasteiger partial charge on any atom is 0.263 e. The van der Waals surface area contributed by atoms with Crippen LogP contribution in [-0.4, -0.2) is 35.2 Å². The SMILES string of the molecule is COc1cc(C(C)=O)ccc1OCC(=O)Nc1cc(C(C)(C)C)nn1-c1ccccc1. The molecule has 1 aromatic heterocycles. The quantitative estimate of drug-likeness (QED) is 0.572. The van der Waals surface area contributed by atoms with Gasteiger partial charge in [-0.1, -0.05) is 39.0 Å². The minimum absolute atomic E-state index is 0.0774. The number of benzene rings is 2. The van der Waals surface area contributed by atoms with E-state index in [1.165, 1.54) is 14.0 Å². The summed E-state index contributed by atoms with van der Waals surface area (Å²) in [6.07, 6.45) is 0. The number of hydrogen-bond donors (Lipinski definition) is 1. The van der Waals surface area contributed by atoms with E-state index in [-0.39, 0.29) is 23.7 Å². The predicted molar refractivity (Wildman–Crippen MR) is 119 cm³/mol. The number of ketones is 1. The number of carbonyl (C=O) groups excluding carboxylic acids is 2. The van der Waals surface area contributed by atoms with Crippen LogP contribution in [0.25, 0.3) is 5.69 Å². The molecule has 0 saturated carbocycles. The van der Waals surface area contributed by atoms with Crippen LogP contribution < -0.4 is 14.8 Å². The van der Waals surface area contributed by atoms with Gasteiger partial charge in [-0.15, -0.1) is 0 Å². The first-order valence-electron chi connectivity index (χ1n) is 9.96. The molecule has 162 valence electrons. The zero-order chi connectivity index (χ0) is 22.6. The third-order valence-corrected chi connectivity index (χ3v) is 4.67. The van der Waals surface area contributed by atoms with Gasteiger partial charge in [-0.05, 0) is 37.3 Å². The van der Waals surface area contributed by atoms with Gasteiger partial charge in [0.1, 0.15) is 5.82 Å². The number of Topliss-reactive ketones (excluding diaryl/α,β-unsaturated/α-hetero) is 1. The van der Waals surface area contributed by atoms with Crippen LogP contribution in [0.15, 0.2) is 54.6 Å². The molecule has 0 unspecified atom stereocenters. The van der Waals surface area contributed by atoms with Crippen LogP contribution in [0, 0.1) is 0 Å². The Bertz CT molecular complexity index is 1080. The van der Waals surface area contributed by atoms with Crippen molar-refractivity contribution < 1.29 is 19.1 Å². The van der Waals surface area contributed by atoms with Gasteiger partial charge in [0.2, 0.25) is 0 Å². The Labute approximate surface area is 182 Å². The van der Waals surface area contributed by atoms with Gasteiger partial charge in [0, 0.05) is 17.0 Å². The lowest BCUT2D eigenvalue weighted by atomic mass is 9.92. The Balaban J connectivity index is 1.78. The third kappa shape index (κ3) is 5.31. The van der Waals surface area contributed by atoms with Crippen molar-refractivity contribution in [2.45, 2.75) is 33.1 Å². The molecule has 3 aromatic rings. The molecule has 0 aliphatic heterocycles. The Morgan fingerprint density at radius 3 is 2.35 bits per heavy atom. The summed E-state index contributed by atoms with van der Waals surface area (Å²) in [5.74, 6) is 0.921. The lowest BCUT2D eigenvalue weighted by Gasteiger charge is -2.14. The topological polar surface area (TPSA) is 82.4 Å². The zero-order valence-electron chi connectivity index (χ0n) is 18.4. The number of nitrogens with zero attached hydrogens (tertiary/aromatic N) is 2. The molecule has 1 heterocycles. The molecule has 3 rings (SSSR count). The summed E-state index contributed by atoms with van der Waals surface area (Å²) in [6.45, 7) is 7.45. The van der Waals surface area contributed by atoms with Crippen molar-refractivity contribution in [3.05, 3.63) is 65.9 Å². The lowest BCUT2D eigenvalue weighted by Crippen LogP contribution is -2.22. The summed E-state index contributed by atoms with van der Waals surface area (Å²) in [4.78, 5) is 24.2. The normalized spacial score (nSPS) is 11.1. The van der Waals surface area contributed by atoms with E-state index in [1.54, 1.807) is 22.9 Å². The van der Waals surface area contributed by atoms with Crippen LogP contribution in [0.5, 0.6) is 11.5 Å². The number of ether oxygens (including phenoxy) is 2. The number of aromatic nitrogens is 2. The first-order chi connectivity index (χ1) is 14.7. The molecule has 2 aromatic carbocycles. The zero-order valence-corrected chi connectivity index (χ0v) is 18.4. The van der Waals surface area contributed by atoms with Crippen molar-refractivity contribution in [3.8, 4) is 17.2 Å². The van der Waals surface area contributed by atoms with Gasteiger partial charge in [-0.3, -0.25) is 9.59 Å². The molecule has 7 heteroatoms.